The number of aryl methyl sites for hydroxylation is 1. The van der Waals surface area contributed by atoms with Gasteiger partial charge in [-0.2, -0.15) is 5.10 Å². The number of amides is 2. The zero-order chi connectivity index (χ0) is 20.1. The number of hydrogen-bond acceptors (Lipinski definition) is 3. The molecule has 0 spiro atoms. The van der Waals surface area contributed by atoms with Gasteiger partial charge in [0, 0.05) is 44.4 Å². The minimum absolute atomic E-state index is 0.0334. The van der Waals surface area contributed by atoms with Crippen LogP contribution in [-0.2, 0) is 11.2 Å². The number of piperazine rings is 1. The summed E-state index contributed by atoms with van der Waals surface area (Å²) in [6, 6.07) is 19.2. The number of rotatable bonds is 5. The normalized spacial score (nSPS) is 14.1. The van der Waals surface area contributed by atoms with E-state index in [4.69, 9.17) is 0 Å². The number of aromatic nitrogens is 2. The summed E-state index contributed by atoms with van der Waals surface area (Å²) in [5.41, 5.74) is 2.74. The van der Waals surface area contributed by atoms with Crippen molar-refractivity contribution in [2.24, 2.45) is 0 Å². The second-order valence-corrected chi connectivity index (χ2v) is 7.17. The monoisotopic (exact) mass is 388 g/mol. The van der Waals surface area contributed by atoms with Gasteiger partial charge in [0.1, 0.15) is 0 Å². The van der Waals surface area contributed by atoms with Crippen molar-refractivity contribution in [3.8, 4) is 5.69 Å². The fraction of sp³-hybridized carbons (Fsp3) is 0.261. The van der Waals surface area contributed by atoms with Crippen LogP contribution in [0, 0.1) is 0 Å². The Bertz CT molecular complexity index is 961. The third-order valence-electron chi connectivity index (χ3n) is 5.22. The molecule has 0 aliphatic carbocycles. The molecule has 1 saturated heterocycles. The Morgan fingerprint density at radius 3 is 2.14 bits per heavy atom. The molecule has 0 atom stereocenters. The van der Waals surface area contributed by atoms with E-state index in [1.807, 2.05) is 87.5 Å². The lowest BCUT2D eigenvalue weighted by Crippen LogP contribution is -2.50. The van der Waals surface area contributed by atoms with Gasteiger partial charge in [-0.3, -0.25) is 9.59 Å². The Morgan fingerprint density at radius 2 is 1.45 bits per heavy atom. The number of hydrogen-bond donors (Lipinski definition) is 0. The van der Waals surface area contributed by atoms with E-state index < -0.39 is 0 Å². The van der Waals surface area contributed by atoms with Crippen LogP contribution in [0.4, 0.5) is 0 Å². The highest BCUT2D eigenvalue weighted by atomic mass is 16.2. The van der Waals surface area contributed by atoms with Crippen molar-refractivity contribution in [3.05, 3.63) is 84.2 Å². The molecule has 2 aromatic carbocycles. The van der Waals surface area contributed by atoms with Gasteiger partial charge < -0.3 is 9.80 Å². The molecule has 0 unspecified atom stereocenters. The molecule has 1 aromatic heterocycles. The first-order valence-electron chi connectivity index (χ1n) is 9.92. The quantitative estimate of drug-likeness (QED) is 0.675. The van der Waals surface area contributed by atoms with Crippen LogP contribution in [0.25, 0.3) is 5.69 Å². The number of benzene rings is 2. The number of nitrogens with zero attached hydrogens (tertiary/aromatic N) is 4. The molecule has 0 radical (unpaired) electrons. The lowest BCUT2D eigenvalue weighted by atomic mass is 10.1. The summed E-state index contributed by atoms with van der Waals surface area (Å²) in [6.07, 6.45) is 4.90. The maximum atomic E-state index is 12.6. The summed E-state index contributed by atoms with van der Waals surface area (Å²) in [4.78, 5) is 28.8. The van der Waals surface area contributed by atoms with Gasteiger partial charge >= 0.3 is 0 Å². The molecule has 29 heavy (non-hydrogen) atoms. The first-order chi connectivity index (χ1) is 14.2. The van der Waals surface area contributed by atoms with Gasteiger partial charge in [0.05, 0.1) is 11.9 Å². The van der Waals surface area contributed by atoms with Gasteiger partial charge in [0.15, 0.2) is 0 Å². The molecule has 2 heterocycles. The maximum absolute atomic E-state index is 12.6. The molecule has 0 saturated carbocycles. The molecular formula is C23H24N4O2. The Balaban J connectivity index is 1.26. The first-order valence-corrected chi connectivity index (χ1v) is 9.92. The van der Waals surface area contributed by atoms with Gasteiger partial charge in [-0.05, 0) is 36.2 Å². The number of carbonyl (C=O) groups excluding carboxylic acids is 2. The average Bonchev–Trinajstić information content (AvgIpc) is 3.27. The van der Waals surface area contributed by atoms with Crippen LogP contribution in [0.15, 0.2) is 73.1 Å². The van der Waals surface area contributed by atoms with Crippen molar-refractivity contribution in [1.82, 2.24) is 19.6 Å². The lowest BCUT2D eigenvalue weighted by Gasteiger charge is -2.35. The highest BCUT2D eigenvalue weighted by Gasteiger charge is 2.24. The highest BCUT2D eigenvalue weighted by molar-refractivity contribution is 5.94. The zero-order valence-electron chi connectivity index (χ0n) is 16.3. The largest absolute Gasteiger partial charge is 0.339 e. The number of para-hydroxylation sites is 1. The summed E-state index contributed by atoms with van der Waals surface area (Å²) < 4.78 is 1.83. The summed E-state index contributed by atoms with van der Waals surface area (Å²) in [6.45, 7) is 2.32. The van der Waals surface area contributed by atoms with E-state index >= 15 is 0 Å². The van der Waals surface area contributed by atoms with Gasteiger partial charge in [-0.15, -0.1) is 0 Å². The summed E-state index contributed by atoms with van der Waals surface area (Å²) in [5.74, 6) is 0.162. The fourth-order valence-electron chi connectivity index (χ4n) is 3.54. The third-order valence-corrected chi connectivity index (χ3v) is 5.22. The van der Waals surface area contributed by atoms with Crippen molar-refractivity contribution in [3.63, 3.8) is 0 Å². The maximum Gasteiger partial charge on any atom is 0.253 e. The van der Waals surface area contributed by atoms with E-state index in [9.17, 15) is 9.59 Å². The van der Waals surface area contributed by atoms with Crippen molar-refractivity contribution in [2.75, 3.05) is 26.2 Å². The molecule has 0 bridgehead atoms. The van der Waals surface area contributed by atoms with E-state index in [0.29, 0.717) is 44.6 Å². The van der Waals surface area contributed by atoms with Gasteiger partial charge in [-0.1, -0.05) is 36.4 Å². The predicted molar refractivity (Wildman–Crippen MR) is 111 cm³/mol. The molecule has 1 aliphatic rings. The van der Waals surface area contributed by atoms with E-state index in [-0.39, 0.29) is 11.8 Å². The average molecular weight is 388 g/mol. The second kappa shape index (κ2) is 8.73. The zero-order valence-corrected chi connectivity index (χ0v) is 16.3. The van der Waals surface area contributed by atoms with E-state index in [1.54, 1.807) is 0 Å². The lowest BCUT2D eigenvalue weighted by molar-refractivity contribution is -0.132. The van der Waals surface area contributed by atoms with Crippen molar-refractivity contribution in [1.29, 1.82) is 0 Å². The molecule has 148 valence electrons. The SMILES string of the molecule is O=C(CCc1cnn(-c2ccccc2)c1)N1CCN(C(=O)c2ccccc2)CC1. The minimum Gasteiger partial charge on any atom is -0.339 e. The smallest absolute Gasteiger partial charge is 0.253 e. The van der Waals surface area contributed by atoms with E-state index in [2.05, 4.69) is 5.10 Å². The minimum atomic E-state index is 0.0334. The van der Waals surface area contributed by atoms with Gasteiger partial charge in [-0.25, -0.2) is 4.68 Å². The van der Waals surface area contributed by atoms with Crippen LogP contribution in [0.5, 0.6) is 0 Å². The Labute approximate surface area is 170 Å². The second-order valence-electron chi connectivity index (χ2n) is 7.17. The Hall–Kier alpha value is -3.41. The first kappa shape index (κ1) is 18.9. The molecule has 2 amide bonds. The van der Waals surface area contributed by atoms with E-state index in [1.165, 1.54) is 0 Å². The Morgan fingerprint density at radius 1 is 0.828 bits per heavy atom. The van der Waals surface area contributed by atoms with Gasteiger partial charge in [0.25, 0.3) is 5.91 Å². The van der Waals surface area contributed by atoms with Crippen LogP contribution in [0.2, 0.25) is 0 Å². The van der Waals surface area contributed by atoms with Crippen molar-refractivity contribution >= 4 is 11.8 Å². The van der Waals surface area contributed by atoms with Crippen LogP contribution in [0.1, 0.15) is 22.3 Å². The molecule has 6 heteroatoms. The molecule has 1 aliphatic heterocycles. The van der Waals surface area contributed by atoms with Crippen LogP contribution in [-0.4, -0.2) is 57.6 Å². The van der Waals surface area contributed by atoms with Crippen LogP contribution < -0.4 is 0 Å². The topological polar surface area (TPSA) is 58.4 Å². The van der Waals surface area contributed by atoms with E-state index in [0.717, 1.165) is 11.3 Å². The molecule has 6 nitrogen and oxygen atoms in total. The fourth-order valence-corrected chi connectivity index (χ4v) is 3.54. The van der Waals surface area contributed by atoms with Crippen LogP contribution >= 0.6 is 0 Å². The van der Waals surface area contributed by atoms with Crippen molar-refractivity contribution in [2.45, 2.75) is 12.8 Å². The molecule has 4 rings (SSSR count). The predicted octanol–water partition coefficient (Wildman–Crippen LogP) is 2.79. The molecule has 1 fully saturated rings. The highest BCUT2D eigenvalue weighted by Crippen LogP contribution is 2.12. The summed E-state index contributed by atoms with van der Waals surface area (Å²) in [5, 5.41) is 4.38. The van der Waals surface area contributed by atoms with Crippen molar-refractivity contribution < 1.29 is 9.59 Å². The summed E-state index contributed by atoms with van der Waals surface area (Å²) in [7, 11) is 0. The van der Waals surface area contributed by atoms with Crippen LogP contribution in [0.3, 0.4) is 0 Å². The standard InChI is InChI=1S/C23H24N4O2/c28-22(12-11-19-17-24-27(18-19)21-9-5-2-6-10-21)25-13-15-26(16-14-25)23(29)20-7-3-1-4-8-20/h1-10,17-18H,11-16H2. The molecule has 3 aromatic rings. The Kier molecular flexibility index (Phi) is 5.70. The van der Waals surface area contributed by atoms with Gasteiger partial charge in [0.2, 0.25) is 5.91 Å². The number of carbonyl (C=O) groups is 2. The molecular weight excluding hydrogens is 364 g/mol. The third kappa shape index (κ3) is 4.54. The summed E-state index contributed by atoms with van der Waals surface area (Å²) >= 11 is 0. The molecule has 0 N–H and O–H groups in total.